The Kier molecular flexibility index (Phi) is 4.64. The highest BCUT2D eigenvalue weighted by Gasteiger charge is 1.93. The second kappa shape index (κ2) is 6.74. The topological polar surface area (TPSA) is 27.1 Å². The number of imidazole rings is 1. The van der Waals surface area contributed by atoms with Crippen LogP contribution in [0, 0.1) is 0 Å². The van der Waals surface area contributed by atoms with E-state index in [0.717, 1.165) is 25.3 Å². The molecule has 2 aromatic rings. The fourth-order valence-corrected chi connectivity index (χ4v) is 1.70. The predicted octanol–water partition coefficient (Wildman–Crippen LogP) is 3.13. The van der Waals surface area contributed by atoms with Crippen molar-refractivity contribution in [1.29, 1.82) is 0 Å². The van der Waals surface area contributed by atoms with Crippen molar-refractivity contribution >= 4 is 0 Å². The Hall–Kier alpha value is -1.77. The first-order chi connectivity index (χ1) is 8.45. The molecule has 1 aromatic carbocycles. The number of aromatic nitrogens is 2. The summed E-state index contributed by atoms with van der Waals surface area (Å²) < 4.78 is 7.73. The highest BCUT2D eigenvalue weighted by molar-refractivity contribution is 5.20. The van der Waals surface area contributed by atoms with Crippen molar-refractivity contribution in [3.63, 3.8) is 0 Å². The first-order valence-electron chi connectivity index (χ1n) is 6.09. The molecule has 1 heterocycles. The van der Waals surface area contributed by atoms with Crippen molar-refractivity contribution in [2.45, 2.75) is 25.8 Å². The second-order valence-electron chi connectivity index (χ2n) is 4.02. The molecule has 90 valence electrons. The van der Waals surface area contributed by atoms with E-state index < -0.39 is 0 Å². The first-order valence-corrected chi connectivity index (χ1v) is 6.09. The summed E-state index contributed by atoms with van der Waals surface area (Å²) in [5.41, 5.74) is 0. The monoisotopic (exact) mass is 230 g/mol. The van der Waals surface area contributed by atoms with Crippen LogP contribution in [0.3, 0.4) is 0 Å². The highest BCUT2D eigenvalue weighted by Crippen LogP contribution is 2.09. The van der Waals surface area contributed by atoms with Crippen molar-refractivity contribution in [2.75, 3.05) is 6.61 Å². The van der Waals surface area contributed by atoms with E-state index in [9.17, 15) is 0 Å². The minimum absolute atomic E-state index is 0.800. The van der Waals surface area contributed by atoms with Gasteiger partial charge in [-0.05, 0) is 31.4 Å². The summed E-state index contributed by atoms with van der Waals surface area (Å²) in [5, 5.41) is 0. The summed E-state index contributed by atoms with van der Waals surface area (Å²) in [6.07, 6.45) is 9.14. The van der Waals surface area contributed by atoms with Crippen LogP contribution in [-0.2, 0) is 6.54 Å². The Balaban J connectivity index is 1.52. The third-order valence-electron chi connectivity index (χ3n) is 2.63. The summed E-state index contributed by atoms with van der Waals surface area (Å²) >= 11 is 0. The van der Waals surface area contributed by atoms with E-state index >= 15 is 0 Å². The van der Waals surface area contributed by atoms with Gasteiger partial charge in [0.15, 0.2) is 0 Å². The molecule has 2 rings (SSSR count). The lowest BCUT2D eigenvalue weighted by Gasteiger charge is -2.05. The number of rotatable bonds is 7. The van der Waals surface area contributed by atoms with Gasteiger partial charge in [0.25, 0.3) is 0 Å². The molecule has 0 saturated carbocycles. The van der Waals surface area contributed by atoms with Gasteiger partial charge in [-0.1, -0.05) is 18.2 Å². The number of nitrogens with zero attached hydrogens (tertiary/aromatic N) is 2. The molecule has 0 N–H and O–H groups in total. The lowest BCUT2D eigenvalue weighted by atomic mass is 10.2. The highest BCUT2D eigenvalue weighted by atomic mass is 16.5. The zero-order valence-electron chi connectivity index (χ0n) is 9.96. The molecule has 0 fully saturated rings. The molecule has 1 aromatic heterocycles. The smallest absolute Gasteiger partial charge is 0.119 e. The van der Waals surface area contributed by atoms with Crippen LogP contribution in [0.15, 0.2) is 49.1 Å². The van der Waals surface area contributed by atoms with Gasteiger partial charge in [0.1, 0.15) is 5.75 Å². The van der Waals surface area contributed by atoms with Crippen molar-refractivity contribution in [2.24, 2.45) is 0 Å². The van der Waals surface area contributed by atoms with Crippen molar-refractivity contribution in [3.8, 4) is 5.75 Å². The Morgan fingerprint density at radius 1 is 1.06 bits per heavy atom. The number of hydrogen-bond acceptors (Lipinski definition) is 2. The quantitative estimate of drug-likeness (QED) is 0.683. The lowest BCUT2D eigenvalue weighted by Crippen LogP contribution is -1.99. The Morgan fingerprint density at radius 2 is 1.94 bits per heavy atom. The summed E-state index contributed by atoms with van der Waals surface area (Å²) in [7, 11) is 0. The summed E-state index contributed by atoms with van der Waals surface area (Å²) in [5.74, 6) is 0.960. The van der Waals surface area contributed by atoms with Crippen LogP contribution in [0.5, 0.6) is 5.75 Å². The molecule has 0 spiro atoms. The van der Waals surface area contributed by atoms with Gasteiger partial charge >= 0.3 is 0 Å². The van der Waals surface area contributed by atoms with Gasteiger partial charge in [-0.15, -0.1) is 0 Å². The molecule has 3 nitrogen and oxygen atoms in total. The summed E-state index contributed by atoms with van der Waals surface area (Å²) in [6.45, 7) is 1.85. The van der Waals surface area contributed by atoms with Gasteiger partial charge in [-0.3, -0.25) is 0 Å². The van der Waals surface area contributed by atoms with Crippen molar-refractivity contribution in [1.82, 2.24) is 9.55 Å². The molecule has 0 aliphatic heterocycles. The minimum atomic E-state index is 0.800. The molecule has 0 amide bonds. The predicted molar refractivity (Wildman–Crippen MR) is 68.0 cm³/mol. The van der Waals surface area contributed by atoms with E-state index in [1.54, 1.807) is 0 Å². The average Bonchev–Trinajstić information content (AvgIpc) is 2.88. The minimum Gasteiger partial charge on any atom is -0.494 e. The maximum absolute atomic E-state index is 5.62. The van der Waals surface area contributed by atoms with Crippen LogP contribution in [0.1, 0.15) is 19.3 Å². The van der Waals surface area contributed by atoms with Gasteiger partial charge in [-0.2, -0.15) is 0 Å². The van der Waals surface area contributed by atoms with E-state index in [1.807, 2.05) is 49.1 Å². The third kappa shape index (κ3) is 4.31. The largest absolute Gasteiger partial charge is 0.494 e. The lowest BCUT2D eigenvalue weighted by molar-refractivity contribution is 0.304. The maximum Gasteiger partial charge on any atom is 0.119 e. The molecule has 0 bridgehead atoms. The Bertz CT molecular complexity index is 397. The van der Waals surface area contributed by atoms with Crippen molar-refractivity contribution in [3.05, 3.63) is 49.1 Å². The Morgan fingerprint density at radius 3 is 2.71 bits per heavy atom. The van der Waals surface area contributed by atoms with Crippen LogP contribution in [0.25, 0.3) is 0 Å². The normalized spacial score (nSPS) is 10.4. The fraction of sp³-hybridized carbons (Fsp3) is 0.357. The SMILES string of the molecule is c1ccc(OCCCCCn2ccnc2)cc1. The van der Waals surface area contributed by atoms with E-state index in [4.69, 9.17) is 4.74 Å². The molecule has 0 saturated heterocycles. The van der Waals surface area contributed by atoms with Gasteiger partial charge < -0.3 is 9.30 Å². The van der Waals surface area contributed by atoms with E-state index in [1.165, 1.54) is 12.8 Å². The molecular weight excluding hydrogens is 212 g/mol. The van der Waals surface area contributed by atoms with Crippen LogP contribution in [-0.4, -0.2) is 16.2 Å². The van der Waals surface area contributed by atoms with Crippen LogP contribution in [0.2, 0.25) is 0 Å². The molecule has 17 heavy (non-hydrogen) atoms. The number of unbranched alkanes of at least 4 members (excludes halogenated alkanes) is 2. The van der Waals surface area contributed by atoms with Crippen LogP contribution in [0.4, 0.5) is 0 Å². The molecule has 0 radical (unpaired) electrons. The molecular formula is C14H18N2O. The number of benzene rings is 1. The number of ether oxygens (including phenoxy) is 1. The third-order valence-corrected chi connectivity index (χ3v) is 2.63. The Labute approximate surface area is 102 Å². The van der Waals surface area contributed by atoms with Gasteiger partial charge in [0.2, 0.25) is 0 Å². The zero-order valence-corrected chi connectivity index (χ0v) is 9.96. The molecule has 0 aliphatic rings. The molecule has 0 unspecified atom stereocenters. The van der Waals surface area contributed by atoms with Gasteiger partial charge in [0.05, 0.1) is 12.9 Å². The van der Waals surface area contributed by atoms with E-state index in [0.29, 0.717) is 0 Å². The zero-order chi connectivity index (χ0) is 11.8. The molecule has 0 aliphatic carbocycles. The first kappa shape index (κ1) is 11.7. The summed E-state index contributed by atoms with van der Waals surface area (Å²) in [4.78, 5) is 4.02. The fourth-order valence-electron chi connectivity index (χ4n) is 1.70. The average molecular weight is 230 g/mol. The van der Waals surface area contributed by atoms with Crippen LogP contribution < -0.4 is 4.74 Å². The molecule has 0 atom stereocenters. The standard InChI is InChI=1S/C14H18N2O/c1-3-7-14(8-4-1)17-12-6-2-5-10-16-11-9-15-13-16/h1,3-4,7-9,11,13H,2,5-6,10,12H2. The van der Waals surface area contributed by atoms with Crippen LogP contribution >= 0.6 is 0 Å². The second-order valence-corrected chi connectivity index (χ2v) is 4.02. The number of para-hydroxylation sites is 1. The van der Waals surface area contributed by atoms with E-state index in [-0.39, 0.29) is 0 Å². The summed E-state index contributed by atoms with van der Waals surface area (Å²) in [6, 6.07) is 9.97. The van der Waals surface area contributed by atoms with E-state index in [2.05, 4.69) is 9.55 Å². The van der Waals surface area contributed by atoms with Gasteiger partial charge in [-0.25, -0.2) is 4.98 Å². The number of aryl methyl sites for hydroxylation is 1. The van der Waals surface area contributed by atoms with Gasteiger partial charge in [0, 0.05) is 18.9 Å². The van der Waals surface area contributed by atoms with Crippen molar-refractivity contribution < 1.29 is 4.74 Å². The molecule has 3 heteroatoms. The number of hydrogen-bond donors (Lipinski definition) is 0. The maximum atomic E-state index is 5.62.